The van der Waals surface area contributed by atoms with E-state index >= 15 is 0 Å². The highest BCUT2D eigenvalue weighted by Crippen LogP contribution is 2.12. The molecule has 1 unspecified atom stereocenters. The second kappa shape index (κ2) is 6.00. The third-order valence-electron chi connectivity index (χ3n) is 2.21. The van der Waals surface area contributed by atoms with Crippen molar-refractivity contribution >= 4 is 11.8 Å². The summed E-state index contributed by atoms with van der Waals surface area (Å²) in [6.07, 6.45) is 1.96. The Morgan fingerprint density at radius 3 is 2.62 bits per heavy atom. The van der Waals surface area contributed by atoms with Gasteiger partial charge >= 0.3 is 5.97 Å². The van der Waals surface area contributed by atoms with Gasteiger partial charge in [0.25, 0.3) is 0 Å². The fraction of sp³-hybridized carbons (Fsp3) is 0.417. The molecule has 1 aromatic rings. The smallest absolute Gasteiger partial charge is 0.316 e. The van der Waals surface area contributed by atoms with E-state index in [0.29, 0.717) is 12.1 Å². The van der Waals surface area contributed by atoms with E-state index in [1.165, 1.54) is 6.20 Å². The molecule has 0 aliphatic heterocycles. The molecule has 1 aromatic heterocycles. The van der Waals surface area contributed by atoms with Gasteiger partial charge in [0.1, 0.15) is 11.6 Å². The molecule has 0 radical (unpaired) electrons. The van der Waals surface area contributed by atoms with Gasteiger partial charge in [-0.2, -0.15) is 0 Å². The Kier molecular flexibility index (Phi) is 4.64. The lowest BCUT2D eigenvalue weighted by molar-refractivity contribution is -0.146. The average molecular weight is 221 g/mol. The minimum Gasteiger partial charge on any atom is -0.465 e. The molecule has 0 saturated heterocycles. The first-order valence-corrected chi connectivity index (χ1v) is 5.32. The molecule has 0 aliphatic rings. The zero-order valence-corrected chi connectivity index (χ0v) is 9.47. The third kappa shape index (κ3) is 2.89. The summed E-state index contributed by atoms with van der Waals surface area (Å²) in [5.41, 5.74) is 0.308. The normalized spacial score (nSPS) is 11.9. The first-order valence-electron chi connectivity index (χ1n) is 5.32. The number of nitrogens with zero attached hydrogens (tertiary/aromatic N) is 1. The highest BCUT2D eigenvalue weighted by Gasteiger charge is 2.27. The predicted molar refractivity (Wildman–Crippen MR) is 59.0 cm³/mol. The average Bonchev–Trinajstić information content (AvgIpc) is 2.31. The van der Waals surface area contributed by atoms with Gasteiger partial charge in [-0.15, -0.1) is 0 Å². The van der Waals surface area contributed by atoms with E-state index in [1.54, 1.807) is 32.0 Å². The van der Waals surface area contributed by atoms with Crippen LogP contribution in [-0.4, -0.2) is 23.3 Å². The molecule has 0 spiro atoms. The molecule has 1 atom stereocenters. The van der Waals surface area contributed by atoms with Gasteiger partial charge in [-0.1, -0.05) is 13.0 Å². The molecule has 16 heavy (non-hydrogen) atoms. The van der Waals surface area contributed by atoms with Crippen molar-refractivity contribution in [1.29, 1.82) is 0 Å². The number of Topliss-reactive ketones (excluding diaryl/α,β-unsaturated/α-hetero) is 1. The minimum atomic E-state index is -0.741. The second-order valence-electron chi connectivity index (χ2n) is 3.29. The van der Waals surface area contributed by atoms with Crippen LogP contribution in [0.4, 0.5) is 0 Å². The monoisotopic (exact) mass is 221 g/mol. The standard InChI is InChI=1S/C12H15NO3/c1-3-9(12(15)16-4-2)11(14)10-7-5-6-8-13-10/h5-9H,3-4H2,1-2H3. The van der Waals surface area contributed by atoms with Crippen molar-refractivity contribution in [3.05, 3.63) is 30.1 Å². The quantitative estimate of drug-likeness (QED) is 0.432. The van der Waals surface area contributed by atoms with Crippen molar-refractivity contribution in [2.24, 2.45) is 5.92 Å². The molecule has 0 N–H and O–H groups in total. The van der Waals surface area contributed by atoms with Crippen molar-refractivity contribution < 1.29 is 14.3 Å². The molecule has 1 rings (SSSR count). The number of carbonyl (C=O) groups excluding carboxylic acids is 2. The highest BCUT2D eigenvalue weighted by atomic mass is 16.5. The first kappa shape index (κ1) is 12.4. The Hall–Kier alpha value is -1.71. The Morgan fingerprint density at radius 1 is 1.38 bits per heavy atom. The zero-order chi connectivity index (χ0) is 12.0. The van der Waals surface area contributed by atoms with Gasteiger partial charge in [-0.25, -0.2) is 0 Å². The number of ketones is 1. The summed E-state index contributed by atoms with van der Waals surface area (Å²) in [6.45, 7) is 3.78. The largest absolute Gasteiger partial charge is 0.465 e. The number of hydrogen-bond acceptors (Lipinski definition) is 4. The lowest BCUT2D eigenvalue weighted by Gasteiger charge is -2.11. The second-order valence-corrected chi connectivity index (χ2v) is 3.29. The molecule has 0 fully saturated rings. The van der Waals surface area contributed by atoms with Crippen molar-refractivity contribution in [3.63, 3.8) is 0 Å². The van der Waals surface area contributed by atoms with Crippen LogP contribution < -0.4 is 0 Å². The predicted octanol–water partition coefficient (Wildman–Crippen LogP) is 1.85. The summed E-state index contributed by atoms with van der Waals surface area (Å²) in [4.78, 5) is 27.4. The van der Waals surface area contributed by atoms with Gasteiger partial charge < -0.3 is 4.74 Å². The van der Waals surface area contributed by atoms with E-state index in [4.69, 9.17) is 4.74 Å². The lowest BCUT2D eigenvalue weighted by atomic mass is 9.98. The maximum atomic E-state index is 11.9. The summed E-state index contributed by atoms with van der Waals surface area (Å²) < 4.78 is 4.85. The number of pyridine rings is 1. The molecular formula is C12H15NO3. The summed E-state index contributed by atoms with van der Waals surface area (Å²) in [5, 5.41) is 0. The number of rotatable bonds is 5. The van der Waals surface area contributed by atoms with Crippen molar-refractivity contribution in [1.82, 2.24) is 4.98 Å². The molecule has 4 nitrogen and oxygen atoms in total. The van der Waals surface area contributed by atoms with E-state index in [2.05, 4.69) is 4.98 Å². The van der Waals surface area contributed by atoms with Gasteiger partial charge in [0, 0.05) is 6.20 Å². The zero-order valence-electron chi connectivity index (χ0n) is 9.47. The lowest BCUT2D eigenvalue weighted by Crippen LogP contribution is -2.26. The topological polar surface area (TPSA) is 56.3 Å². The number of ether oxygens (including phenoxy) is 1. The summed E-state index contributed by atoms with van der Waals surface area (Å²) >= 11 is 0. The van der Waals surface area contributed by atoms with Crippen molar-refractivity contribution in [3.8, 4) is 0 Å². The van der Waals surface area contributed by atoms with Crippen LogP contribution in [0.3, 0.4) is 0 Å². The van der Waals surface area contributed by atoms with Crippen molar-refractivity contribution in [2.75, 3.05) is 6.61 Å². The summed E-state index contributed by atoms with van der Waals surface area (Å²) in [7, 11) is 0. The van der Waals surface area contributed by atoms with Gasteiger partial charge in [0.15, 0.2) is 5.78 Å². The Morgan fingerprint density at radius 2 is 2.12 bits per heavy atom. The molecule has 86 valence electrons. The third-order valence-corrected chi connectivity index (χ3v) is 2.21. The van der Waals surface area contributed by atoms with E-state index in [-0.39, 0.29) is 12.4 Å². The highest BCUT2D eigenvalue weighted by molar-refractivity contribution is 6.07. The summed E-state index contributed by atoms with van der Waals surface area (Å²) in [6, 6.07) is 5.05. The first-order chi connectivity index (χ1) is 7.70. The minimum absolute atomic E-state index is 0.276. The van der Waals surface area contributed by atoms with Crippen LogP contribution in [0.5, 0.6) is 0 Å². The molecule has 0 aliphatic carbocycles. The van der Waals surface area contributed by atoms with Crippen LogP contribution >= 0.6 is 0 Å². The summed E-state index contributed by atoms with van der Waals surface area (Å²) in [5.74, 6) is -1.49. The molecule has 0 saturated carbocycles. The van der Waals surface area contributed by atoms with Crippen LogP contribution in [0, 0.1) is 5.92 Å². The number of hydrogen-bond donors (Lipinski definition) is 0. The Bertz CT molecular complexity index is 362. The van der Waals surface area contributed by atoms with E-state index in [0.717, 1.165) is 0 Å². The number of aromatic nitrogens is 1. The van der Waals surface area contributed by atoms with Crippen LogP contribution in [0.15, 0.2) is 24.4 Å². The molecule has 0 amide bonds. The molecule has 0 bridgehead atoms. The molecule has 4 heteroatoms. The maximum Gasteiger partial charge on any atom is 0.316 e. The SMILES string of the molecule is CCOC(=O)C(CC)C(=O)c1ccccn1. The van der Waals surface area contributed by atoms with Gasteiger partial charge in [-0.3, -0.25) is 14.6 Å². The van der Waals surface area contributed by atoms with Crippen LogP contribution in [0.1, 0.15) is 30.8 Å². The van der Waals surface area contributed by atoms with Crippen molar-refractivity contribution in [2.45, 2.75) is 20.3 Å². The van der Waals surface area contributed by atoms with Gasteiger partial charge in [-0.05, 0) is 25.5 Å². The van der Waals surface area contributed by atoms with Gasteiger partial charge in [0.2, 0.25) is 0 Å². The number of carbonyl (C=O) groups is 2. The maximum absolute atomic E-state index is 11.9. The molecule has 1 heterocycles. The van der Waals surface area contributed by atoms with E-state index in [9.17, 15) is 9.59 Å². The molecule has 0 aromatic carbocycles. The number of esters is 1. The van der Waals surface area contributed by atoms with Crippen LogP contribution in [-0.2, 0) is 9.53 Å². The fourth-order valence-electron chi connectivity index (χ4n) is 1.39. The Balaban J connectivity index is 2.82. The van der Waals surface area contributed by atoms with Crippen LogP contribution in [0.25, 0.3) is 0 Å². The van der Waals surface area contributed by atoms with Gasteiger partial charge in [0.05, 0.1) is 6.61 Å². The molecular weight excluding hydrogens is 206 g/mol. The fourth-order valence-corrected chi connectivity index (χ4v) is 1.39. The Labute approximate surface area is 94.6 Å². The van der Waals surface area contributed by atoms with E-state index in [1.807, 2.05) is 0 Å². The van der Waals surface area contributed by atoms with E-state index < -0.39 is 11.9 Å². The van der Waals surface area contributed by atoms with Crippen LogP contribution in [0.2, 0.25) is 0 Å².